The first-order valence-electron chi connectivity index (χ1n) is 6.11. The molecule has 0 saturated heterocycles. The second-order valence-corrected chi connectivity index (χ2v) is 5.20. The van der Waals surface area contributed by atoms with Crippen molar-refractivity contribution in [3.05, 3.63) is 58.0 Å². The summed E-state index contributed by atoms with van der Waals surface area (Å²) in [6.07, 6.45) is 2.10. The standard InChI is InChI=1S/C14H10Cl2N4O/c15-9-4-3-8(6-10(9)16)7-12-19-14(21-20-12)13-11(17)2-1-5-18-13/h1-6H,7,17H2. The van der Waals surface area contributed by atoms with Gasteiger partial charge in [-0.15, -0.1) is 0 Å². The van der Waals surface area contributed by atoms with E-state index in [-0.39, 0.29) is 0 Å². The van der Waals surface area contributed by atoms with Crippen molar-refractivity contribution in [3.63, 3.8) is 0 Å². The van der Waals surface area contributed by atoms with Gasteiger partial charge in [0, 0.05) is 12.6 Å². The van der Waals surface area contributed by atoms with E-state index in [1.165, 1.54) is 0 Å². The topological polar surface area (TPSA) is 77.8 Å². The predicted octanol–water partition coefficient (Wildman–Crippen LogP) is 3.61. The van der Waals surface area contributed by atoms with Crippen molar-refractivity contribution >= 4 is 28.9 Å². The number of hydrogen-bond acceptors (Lipinski definition) is 5. The van der Waals surface area contributed by atoms with Gasteiger partial charge in [-0.25, -0.2) is 4.98 Å². The van der Waals surface area contributed by atoms with Gasteiger partial charge >= 0.3 is 0 Å². The molecule has 7 heteroatoms. The molecule has 0 saturated carbocycles. The van der Waals surface area contributed by atoms with E-state index in [1.54, 1.807) is 30.5 Å². The van der Waals surface area contributed by atoms with Crippen LogP contribution >= 0.6 is 23.2 Å². The van der Waals surface area contributed by atoms with Gasteiger partial charge < -0.3 is 10.3 Å². The molecule has 0 fully saturated rings. The summed E-state index contributed by atoms with van der Waals surface area (Å²) < 4.78 is 5.20. The van der Waals surface area contributed by atoms with Crippen molar-refractivity contribution in [2.45, 2.75) is 6.42 Å². The summed E-state index contributed by atoms with van der Waals surface area (Å²) in [4.78, 5) is 8.43. The molecule has 2 heterocycles. The van der Waals surface area contributed by atoms with Gasteiger partial charge in [-0.1, -0.05) is 34.4 Å². The van der Waals surface area contributed by atoms with Gasteiger partial charge in [0.25, 0.3) is 5.89 Å². The number of halogens is 2. The van der Waals surface area contributed by atoms with Crippen molar-refractivity contribution in [2.24, 2.45) is 0 Å². The molecule has 2 N–H and O–H groups in total. The van der Waals surface area contributed by atoms with Crippen LogP contribution in [0, 0.1) is 0 Å². The lowest BCUT2D eigenvalue weighted by Crippen LogP contribution is -1.94. The zero-order valence-electron chi connectivity index (χ0n) is 10.8. The minimum atomic E-state index is 0.295. The molecule has 0 unspecified atom stereocenters. The highest BCUT2D eigenvalue weighted by molar-refractivity contribution is 6.42. The largest absolute Gasteiger partial charge is 0.397 e. The molecule has 0 atom stereocenters. The van der Waals surface area contributed by atoms with Crippen LogP contribution in [0.5, 0.6) is 0 Å². The third-order valence-electron chi connectivity index (χ3n) is 2.86. The van der Waals surface area contributed by atoms with Crippen LogP contribution in [0.4, 0.5) is 5.69 Å². The molecule has 0 aliphatic rings. The minimum absolute atomic E-state index is 0.295. The van der Waals surface area contributed by atoms with Gasteiger partial charge in [0.1, 0.15) is 0 Å². The van der Waals surface area contributed by atoms with Crippen molar-refractivity contribution in [1.82, 2.24) is 15.1 Å². The summed E-state index contributed by atoms with van der Waals surface area (Å²) in [5.41, 5.74) is 7.73. The van der Waals surface area contributed by atoms with E-state index in [0.29, 0.717) is 39.6 Å². The van der Waals surface area contributed by atoms with Crippen molar-refractivity contribution in [3.8, 4) is 11.6 Å². The van der Waals surface area contributed by atoms with Gasteiger partial charge in [-0.2, -0.15) is 4.98 Å². The Labute approximate surface area is 130 Å². The number of nitrogens with two attached hydrogens (primary N) is 1. The zero-order valence-corrected chi connectivity index (χ0v) is 12.3. The van der Waals surface area contributed by atoms with E-state index in [4.69, 9.17) is 33.5 Å². The maximum Gasteiger partial charge on any atom is 0.278 e. The Hall–Kier alpha value is -2.11. The third kappa shape index (κ3) is 2.99. The number of hydrogen-bond donors (Lipinski definition) is 1. The molecule has 3 rings (SSSR count). The summed E-state index contributed by atoms with van der Waals surface area (Å²) >= 11 is 11.9. The van der Waals surface area contributed by atoms with E-state index in [0.717, 1.165) is 5.56 Å². The molecule has 0 radical (unpaired) electrons. The maximum atomic E-state index is 5.98. The fraction of sp³-hybridized carbons (Fsp3) is 0.0714. The first-order chi connectivity index (χ1) is 10.1. The molecule has 1 aromatic carbocycles. The van der Waals surface area contributed by atoms with E-state index in [2.05, 4.69) is 15.1 Å². The molecule has 0 amide bonds. The van der Waals surface area contributed by atoms with Crippen LogP contribution in [0.25, 0.3) is 11.6 Å². The van der Waals surface area contributed by atoms with E-state index in [1.807, 2.05) is 6.07 Å². The summed E-state index contributed by atoms with van der Waals surface area (Å²) in [5, 5.41) is 4.93. The molecule has 2 aromatic heterocycles. The number of nitrogens with zero attached hydrogens (tertiary/aromatic N) is 3. The minimum Gasteiger partial charge on any atom is -0.397 e. The SMILES string of the molecule is Nc1cccnc1-c1nc(Cc2ccc(Cl)c(Cl)c2)no1. The second-order valence-electron chi connectivity index (χ2n) is 4.38. The second kappa shape index (κ2) is 5.71. The molecule has 3 aromatic rings. The van der Waals surface area contributed by atoms with Crippen LogP contribution in [-0.4, -0.2) is 15.1 Å². The van der Waals surface area contributed by atoms with Gasteiger partial charge in [0.15, 0.2) is 11.5 Å². The molecule has 0 bridgehead atoms. The van der Waals surface area contributed by atoms with Crippen molar-refractivity contribution in [2.75, 3.05) is 5.73 Å². The molecule has 21 heavy (non-hydrogen) atoms. The average molecular weight is 321 g/mol. The average Bonchev–Trinajstić information content (AvgIpc) is 2.92. The Balaban J connectivity index is 1.85. The number of anilines is 1. The normalized spacial score (nSPS) is 10.8. The van der Waals surface area contributed by atoms with Crippen LogP contribution in [0.1, 0.15) is 11.4 Å². The van der Waals surface area contributed by atoms with E-state index < -0.39 is 0 Å². The zero-order chi connectivity index (χ0) is 14.8. The Bertz CT molecular complexity index is 788. The third-order valence-corrected chi connectivity index (χ3v) is 3.59. The highest BCUT2D eigenvalue weighted by atomic mass is 35.5. The molecular formula is C14H10Cl2N4O. The van der Waals surface area contributed by atoms with Crippen LogP contribution in [0.2, 0.25) is 10.0 Å². The summed E-state index contributed by atoms with van der Waals surface area (Å²) in [5.74, 6) is 0.816. The first-order valence-corrected chi connectivity index (χ1v) is 6.86. The molecule has 0 spiro atoms. The van der Waals surface area contributed by atoms with Gasteiger partial charge in [0.05, 0.1) is 15.7 Å². The van der Waals surface area contributed by atoms with E-state index in [9.17, 15) is 0 Å². The first kappa shape index (κ1) is 13.9. The molecule has 5 nitrogen and oxygen atoms in total. The summed E-state index contributed by atoms with van der Waals surface area (Å²) in [6.45, 7) is 0. The number of benzene rings is 1. The van der Waals surface area contributed by atoms with E-state index >= 15 is 0 Å². The number of pyridine rings is 1. The highest BCUT2D eigenvalue weighted by Gasteiger charge is 2.13. The maximum absolute atomic E-state index is 5.98. The fourth-order valence-corrected chi connectivity index (χ4v) is 2.17. The molecular weight excluding hydrogens is 311 g/mol. The Kier molecular flexibility index (Phi) is 3.77. The van der Waals surface area contributed by atoms with Crippen molar-refractivity contribution in [1.29, 1.82) is 0 Å². The Morgan fingerprint density at radius 1 is 1.14 bits per heavy atom. The lowest BCUT2D eigenvalue weighted by Gasteiger charge is -1.99. The molecule has 0 aliphatic carbocycles. The molecule has 0 aliphatic heterocycles. The van der Waals surface area contributed by atoms with Crippen LogP contribution in [0.15, 0.2) is 41.1 Å². The number of nitrogen functional groups attached to an aromatic ring is 1. The highest BCUT2D eigenvalue weighted by Crippen LogP contribution is 2.25. The quantitative estimate of drug-likeness (QED) is 0.797. The van der Waals surface area contributed by atoms with Gasteiger partial charge in [-0.3, -0.25) is 0 Å². The van der Waals surface area contributed by atoms with Crippen molar-refractivity contribution < 1.29 is 4.52 Å². The van der Waals surface area contributed by atoms with Gasteiger partial charge in [0.2, 0.25) is 0 Å². The number of rotatable bonds is 3. The van der Waals surface area contributed by atoms with Crippen LogP contribution < -0.4 is 5.73 Å². The van der Waals surface area contributed by atoms with Crippen LogP contribution in [0.3, 0.4) is 0 Å². The lowest BCUT2D eigenvalue weighted by atomic mass is 10.1. The Morgan fingerprint density at radius 3 is 2.76 bits per heavy atom. The fourth-order valence-electron chi connectivity index (χ4n) is 1.85. The number of aromatic nitrogens is 3. The monoisotopic (exact) mass is 320 g/mol. The lowest BCUT2D eigenvalue weighted by molar-refractivity contribution is 0.423. The molecule has 106 valence electrons. The smallest absolute Gasteiger partial charge is 0.278 e. The van der Waals surface area contributed by atoms with Crippen LogP contribution in [-0.2, 0) is 6.42 Å². The Morgan fingerprint density at radius 2 is 2.00 bits per heavy atom. The summed E-state index contributed by atoms with van der Waals surface area (Å²) in [6, 6.07) is 8.84. The predicted molar refractivity (Wildman–Crippen MR) is 81.2 cm³/mol. The summed E-state index contributed by atoms with van der Waals surface area (Å²) in [7, 11) is 0. The van der Waals surface area contributed by atoms with Gasteiger partial charge in [-0.05, 0) is 29.8 Å².